The van der Waals surface area contributed by atoms with Gasteiger partial charge in [0, 0.05) is 24.5 Å². The maximum Gasteiger partial charge on any atom is 0.228 e. The van der Waals surface area contributed by atoms with Gasteiger partial charge in [-0.15, -0.1) is 0 Å². The summed E-state index contributed by atoms with van der Waals surface area (Å²) in [5.74, 6) is 0.796. The lowest BCUT2D eigenvalue weighted by Crippen LogP contribution is -2.15. The number of nitrogens with zero attached hydrogens (tertiary/aromatic N) is 1. The fourth-order valence-corrected chi connectivity index (χ4v) is 3.41. The van der Waals surface area contributed by atoms with Crippen LogP contribution in [0.3, 0.4) is 0 Å². The highest BCUT2D eigenvalue weighted by Crippen LogP contribution is 2.23. The van der Waals surface area contributed by atoms with Crippen molar-refractivity contribution in [3.05, 3.63) is 102 Å². The van der Waals surface area contributed by atoms with Gasteiger partial charge in [-0.1, -0.05) is 48.5 Å². The number of anilines is 1. The first-order valence-electron chi connectivity index (χ1n) is 9.54. The number of benzene rings is 3. The van der Waals surface area contributed by atoms with Crippen molar-refractivity contribution in [2.75, 3.05) is 12.4 Å². The molecule has 0 saturated carbocycles. The molecule has 0 aliphatic rings. The number of para-hydroxylation sites is 1. The smallest absolute Gasteiger partial charge is 0.228 e. The number of hydrogen-bond donors (Lipinski definition) is 1. The fraction of sp³-hybridized carbons (Fsp3) is 0.120. The Hall–Kier alpha value is -3.66. The number of nitrogens with one attached hydrogen (secondary N) is 1. The number of pyridine rings is 1. The molecule has 1 N–H and O–H groups in total. The van der Waals surface area contributed by atoms with Gasteiger partial charge in [0.1, 0.15) is 5.75 Å². The second-order valence-corrected chi connectivity index (χ2v) is 6.97. The zero-order valence-corrected chi connectivity index (χ0v) is 16.3. The fourth-order valence-electron chi connectivity index (χ4n) is 3.41. The summed E-state index contributed by atoms with van der Waals surface area (Å²) >= 11 is 0. The molecule has 0 aliphatic carbocycles. The lowest BCUT2D eigenvalue weighted by atomic mass is 10.0. The van der Waals surface area contributed by atoms with E-state index in [1.807, 2.05) is 72.9 Å². The van der Waals surface area contributed by atoms with Crippen LogP contribution in [0.15, 0.2) is 85.2 Å². The molecule has 144 valence electrons. The maximum atomic E-state index is 12.7. The largest absolute Gasteiger partial charge is 0.497 e. The monoisotopic (exact) mass is 382 g/mol. The van der Waals surface area contributed by atoms with Gasteiger partial charge in [-0.25, -0.2) is 0 Å². The average Bonchev–Trinajstić information content (AvgIpc) is 2.75. The van der Waals surface area contributed by atoms with E-state index >= 15 is 0 Å². The van der Waals surface area contributed by atoms with Crippen LogP contribution >= 0.6 is 0 Å². The Labute approximate surface area is 170 Å². The van der Waals surface area contributed by atoms with Crippen molar-refractivity contribution in [1.82, 2.24) is 4.98 Å². The molecule has 4 heteroatoms. The number of rotatable bonds is 6. The lowest BCUT2D eigenvalue weighted by molar-refractivity contribution is -0.115. The molecule has 1 amide bonds. The van der Waals surface area contributed by atoms with Gasteiger partial charge in [0.2, 0.25) is 5.91 Å². The Bertz CT molecular complexity index is 1140. The molecule has 1 aromatic heterocycles. The summed E-state index contributed by atoms with van der Waals surface area (Å²) in [6.07, 6.45) is 4.66. The number of ether oxygens (including phenoxy) is 1. The Morgan fingerprint density at radius 2 is 1.76 bits per heavy atom. The van der Waals surface area contributed by atoms with Gasteiger partial charge in [-0.2, -0.15) is 0 Å². The SMILES string of the molecule is COc1ccc2cc(CC(=O)Nc3ccccc3Cc3cccnc3)ccc2c1. The third-order valence-corrected chi connectivity index (χ3v) is 4.89. The van der Waals surface area contributed by atoms with E-state index in [4.69, 9.17) is 4.74 Å². The summed E-state index contributed by atoms with van der Waals surface area (Å²) in [6.45, 7) is 0. The van der Waals surface area contributed by atoms with Gasteiger partial charge in [-0.3, -0.25) is 9.78 Å². The van der Waals surface area contributed by atoms with Crippen molar-refractivity contribution in [2.24, 2.45) is 0 Å². The molecule has 0 saturated heterocycles. The quantitative estimate of drug-likeness (QED) is 0.510. The van der Waals surface area contributed by atoms with E-state index in [9.17, 15) is 4.79 Å². The summed E-state index contributed by atoms with van der Waals surface area (Å²) in [4.78, 5) is 16.8. The zero-order chi connectivity index (χ0) is 20.1. The number of carbonyl (C=O) groups is 1. The van der Waals surface area contributed by atoms with Crippen LogP contribution in [-0.2, 0) is 17.6 Å². The van der Waals surface area contributed by atoms with Gasteiger partial charge in [0.25, 0.3) is 0 Å². The van der Waals surface area contributed by atoms with Crippen LogP contribution in [0.2, 0.25) is 0 Å². The van der Waals surface area contributed by atoms with Crippen molar-refractivity contribution >= 4 is 22.4 Å². The predicted octanol–water partition coefficient (Wildman–Crippen LogP) is 5.02. The van der Waals surface area contributed by atoms with E-state index in [2.05, 4.69) is 16.4 Å². The number of methoxy groups -OCH3 is 1. The van der Waals surface area contributed by atoms with E-state index in [0.717, 1.165) is 45.3 Å². The predicted molar refractivity (Wildman–Crippen MR) is 116 cm³/mol. The summed E-state index contributed by atoms with van der Waals surface area (Å²) in [5.41, 5.74) is 4.00. The Balaban J connectivity index is 1.48. The molecule has 0 radical (unpaired) electrons. The van der Waals surface area contributed by atoms with E-state index in [1.165, 1.54) is 0 Å². The van der Waals surface area contributed by atoms with E-state index in [0.29, 0.717) is 6.42 Å². The third kappa shape index (κ3) is 4.61. The normalized spacial score (nSPS) is 10.7. The molecule has 0 aliphatic heterocycles. The minimum absolute atomic E-state index is 0.0310. The molecule has 0 bridgehead atoms. The Morgan fingerprint density at radius 1 is 0.931 bits per heavy atom. The van der Waals surface area contributed by atoms with Crippen LogP contribution in [0.4, 0.5) is 5.69 Å². The molecule has 4 rings (SSSR count). The van der Waals surface area contributed by atoms with Crippen LogP contribution in [-0.4, -0.2) is 18.0 Å². The molecule has 3 aromatic carbocycles. The highest BCUT2D eigenvalue weighted by atomic mass is 16.5. The number of hydrogen-bond acceptors (Lipinski definition) is 3. The molecule has 0 atom stereocenters. The van der Waals surface area contributed by atoms with Gasteiger partial charge in [0.15, 0.2) is 0 Å². The zero-order valence-electron chi connectivity index (χ0n) is 16.3. The van der Waals surface area contributed by atoms with Crippen molar-refractivity contribution in [1.29, 1.82) is 0 Å². The lowest BCUT2D eigenvalue weighted by Gasteiger charge is -2.12. The topological polar surface area (TPSA) is 51.2 Å². The minimum atomic E-state index is -0.0310. The molecule has 4 nitrogen and oxygen atoms in total. The Morgan fingerprint density at radius 3 is 2.59 bits per heavy atom. The highest BCUT2D eigenvalue weighted by Gasteiger charge is 2.09. The van der Waals surface area contributed by atoms with Crippen LogP contribution in [0.1, 0.15) is 16.7 Å². The average molecular weight is 382 g/mol. The third-order valence-electron chi connectivity index (χ3n) is 4.89. The van der Waals surface area contributed by atoms with Crippen molar-refractivity contribution in [2.45, 2.75) is 12.8 Å². The number of carbonyl (C=O) groups excluding carboxylic acids is 1. The highest BCUT2D eigenvalue weighted by molar-refractivity contribution is 5.94. The second kappa shape index (κ2) is 8.57. The molecule has 0 fully saturated rings. The number of amides is 1. The van der Waals surface area contributed by atoms with Gasteiger partial charge in [0.05, 0.1) is 13.5 Å². The molecule has 4 aromatic rings. The van der Waals surface area contributed by atoms with E-state index in [1.54, 1.807) is 13.3 Å². The number of fused-ring (bicyclic) bond motifs is 1. The minimum Gasteiger partial charge on any atom is -0.497 e. The molecule has 29 heavy (non-hydrogen) atoms. The molecule has 0 unspecified atom stereocenters. The van der Waals surface area contributed by atoms with Gasteiger partial charge in [-0.05, 0) is 51.7 Å². The van der Waals surface area contributed by atoms with Gasteiger partial charge >= 0.3 is 0 Å². The van der Waals surface area contributed by atoms with Crippen molar-refractivity contribution in [3.8, 4) is 5.75 Å². The first-order valence-corrected chi connectivity index (χ1v) is 9.54. The Kier molecular flexibility index (Phi) is 5.52. The van der Waals surface area contributed by atoms with E-state index in [-0.39, 0.29) is 5.91 Å². The summed E-state index contributed by atoms with van der Waals surface area (Å²) in [7, 11) is 1.66. The van der Waals surface area contributed by atoms with Crippen LogP contribution in [0.5, 0.6) is 5.75 Å². The maximum absolute atomic E-state index is 12.7. The standard InChI is InChI=1S/C25H22N2O2/c1-29-23-11-10-20-13-18(8-9-21(20)16-23)15-25(28)27-24-7-3-2-6-22(24)14-19-5-4-12-26-17-19/h2-13,16-17H,14-15H2,1H3,(H,27,28). The van der Waals surface area contributed by atoms with Crippen molar-refractivity contribution in [3.63, 3.8) is 0 Å². The van der Waals surface area contributed by atoms with Crippen LogP contribution < -0.4 is 10.1 Å². The van der Waals surface area contributed by atoms with E-state index < -0.39 is 0 Å². The number of aromatic nitrogens is 1. The first kappa shape index (κ1) is 18.7. The first-order chi connectivity index (χ1) is 14.2. The summed E-state index contributed by atoms with van der Waals surface area (Å²) in [6, 6.07) is 23.9. The summed E-state index contributed by atoms with van der Waals surface area (Å²) in [5, 5.41) is 5.25. The van der Waals surface area contributed by atoms with Crippen LogP contribution in [0, 0.1) is 0 Å². The van der Waals surface area contributed by atoms with Crippen molar-refractivity contribution < 1.29 is 9.53 Å². The molecular weight excluding hydrogens is 360 g/mol. The summed E-state index contributed by atoms with van der Waals surface area (Å²) < 4.78 is 5.27. The second-order valence-electron chi connectivity index (χ2n) is 6.97. The van der Waals surface area contributed by atoms with Gasteiger partial charge < -0.3 is 10.1 Å². The molecule has 0 spiro atoms. The molecular formula is C25H22N2O2. The molecule has 1 heterocycles. The van der Waals surface area contributed by atoms with Crippen LogP contribution in [0.25, 0.3) is 10.8 Å².